The van der Waals surface area contributed by atoms with E-state index in [4.69, 9.17) is 19.2 Å². The first kappa shape index (κ1) is 31.0. The quantitative estimate of drug-likeness (QED) is 0.152. The lowest BCUT2D eigenvalue weighted by atomic mass is 10.1. The number of hydrogen-bond acceptors (Lipinski definition) is 6. The standard InChI is InChI=1S/C35H34BrN3O5/c1-24(38(19-18-25-12-6-4-7-13-25)32(40)23-44-22-26-14-8-5-9-15-26)34-37-29-17-11-10-16-28(29)35(41)39(34)30-20-27(42-2)21-31(43-3)33(30)36/h4-17,20-21,24H,18-19,22-23H2,1-3H3. The maximum atomic E-state index is 14.2. The normalized spacial score (nSPS) is 11.7. The predicted octanol–water partition coefficient (Wildman–Crippen LogP) is 6.51. The summed E-state index contributed by atoms with van der Waals surface area (Å²) in [5.74, 6) is 1.18. The van der Waals surface area contributed by atoms with E-state index in [1.54, 1.807) is 49.5 Å². The summed E-state index contributed by atoms with van der Waals surface area (Å²) in [6, 6.07) is 29.8. The topological polar surface area (TPSA) is 82.9 Å². The number of rotatable bonds is 12. The van der Waals surface area contributed by atoms with Crippen molar-refractivity contribution in [3.05, 3.63) is 129 Å². The Balaban J connectivity index is 1.59. The van der Waals surface area contributed by atoms with Crippen LogP contribution in [-0.4, -0.2) is 47.7 Å². The molecule has 9 heteroatoms. The molecule has 44 heavy (non-hydrogen) atoms. The lowest BCUT2D eigenvalue weighted by Crippen LogP contribution is -2.40. The van der Waals surface area contributed by atoms with Crippen LogP contribution in [0.25, 0.3) is 16.6 Å². The van der Waals surface area contributed by atoms with Gasteiger partial charge < -0.3 is 19.1 Å². The van der Waals surface area contributed by atoms with Gasteiger partial charge in [-0.1, -0.05) is 72.8 Å². The minimum absolute atomic E-state index is 0.123. The maximum absolute atomic E-state index is 14.2. The fraction of sp³-hybridized carbons (Fsp3) is 0.229. The first-order chi connectivity index (χ1) is 21.4. The van der Waals surface area contributed by atoms with E-state index in [2.05, 4.69) is 15.9 Å². The van der Waals surface area contributed by atoms with Crippen molar-refractivity contribution in [2.24, 2.45) is 0 Å². The van der Waals surface area contributed by atoms with Crippen molar-refractivity contribution >= 4 is 32.7 Å². The van der Waals surface area contributed by atoms with Crippen molar-refractivity contribution in [3.8, 4) is 17.2 Å². The van der Waals surface area contributed by atoms with Gasteiger partial charge >= 0.3 is 0 Å². The molecular weight excluding hydrogens is 622 g/mol. The number of benzene rings is 4. The summed E-state index contributed by atoms with van der Waals surface area (Å²) in [6.07, 6.45) is 0.615. The van der Waals surface area contributed by atoms with Gasteiger partial charge in [0, 0.05) is 18.7 Å². The van der Waals surface area contributed by atoms with Gasteiger partial charge in [-0.2, -0.15) is 0 Å². The summed E-state index contributed by atoms with van der Waals surface area (Å²) in [4.78, 5) is 34.8. The molecule has 1 heterocycles. The van der Waals surface area contributed by atoms with Gasteiger partial charge in [0.05, 0.1) is 47.9 Å². The Morgan fingerprint density at radius 1 is 0.909 bits per heavy atom. The number of fused-ring (bicyclic) bond motifs is 1. The molecule has 4 aromatic carbocycles. The van der Waals surface area contributed by atoms with Gasteiger partial charge in [0.25, 0.3) is 5.56 Å². The third kappa shape index (κ3) is 6.85. The van der Waals surface area contributed by atoms with E-state index in [0.29, 0.717) is 58.0 Å². The summed E-state index contributed by atoms with van der Waals surface area (Å²) < 4.78 is 19.1. The highest BCUT2D eigenvalue weighted by Crippen LogP contribution is 2.37. The van der Waals surface area contributed by atoms with Crippen LogP contribution in [0.3, 0.4) is 0 Å². The monoisotopic (exact) mass is 655 g/mol. The van der Waals surface area contributed by atoms with Gasteiger partial charge in [-0.3, -0.25) is 14.2 Å². The maximum Gasteiger partial charge on any atom is 0.266 e. The lowest BCUT2D eigenvalue weighted by Gasteiger charge is -2.31. The highest BCUT2D eigenvalue weighted by atomic mass is 79.9. The molecule has 0 saturated heterocycles. The number of nitrogens with zero attached hydrogens (tertiary/aromatic N) is 3. The van der Waals surface area contributed by atoms with Crippen LogP contribution in [0.2, 0.25) is 0 Å². The largest absolute Gasteiger partial charge is 0.497 e. The van der Waals surface area contributed by atoms with Gasteiger partial charge in [0.1, 0.15) is 23.9 Å². The Hall–Kier alpha value is -4.47. The van der Waals surface area contributed by atoms with E-state index in [9.17, 15) is 9.59 Å². The fourth-order valence-electron chi connectivity index (χ4n) is 5.13. The first-order valence-corrected chi connectivity index (χ1v) is 15.1. The molecule has 1 amide bonds. The van der Waals surface area contributed by atoms with Gasteiger partial charge in [-0.05, 0) is 52.5 Å². The second-order valence-electron chi connectivity index (χ2n) is 10.3. The molecule has 0 aliphatic heterocycles. The number of para-hydroxylation sites is 1. The van der Waals surface area contributed by atoms with Crippen LogP contribution in [0.4, 0.5) is 0 Å². The zero-order chi connectivity index (χ0) is 31.1. The van der Waals surface area contributed by atoms with E-state index in [0.717, 1.165) is 11.1 Å². The Morgan fingerprint density at radius 3 is 2.25 bits per heavy atom. The number of amides is 1. The molecular formula is C35H34BrN3O5. The van der Waals surface area contributed by atoms with Crippen molar-refractivity contribution in [2.45, 2.75) is 26.0 Å². The molecule has 5 rings (SSSR count). The molecule has 5 aromatic rings. The molecule has 0 radical (unpaired) electrons. The molecule has 0 N–H and O–H groups in total. The highest BCUT2D eigenvalue weighted by molar-refractivity contribution is 9.10. The van der Waals surface area contributed by atoms with Crippen molar-refractivity contribution in [2.75, 3.05) is 27.4 Å². The van der Waals surface area contributed by atoms with Crippen LogP contribution >= 0.6 is 15.9 Å². The Morgan fingerprint density at radius 2 is 1.57 bits per heavy atom. The van der Waals surface area contributed by atoms with Gasteiger partial charge in [0.2, 0.25) is 5.91 Å². The molecule has 0 aliphatic carbocycles. The van der Waals surface area contributed by atoms with Crippen molar-refractivity contribution < 1.29 is 19.0 Å². The van der Waals surface area contributed by atoms with Crippen LogP contribution in [0.5, 0.6) is 11.5 Å². The van der Waals surface area contributed by atoms with Crippen molar-refractivity contribution in [1.29, 1.82) is 0 Å². The molecule has 8 nitrogen and oxygen atoms in total. The highest BCUT2D eigenvalue weighted by Gasteiger charge is 2.28. The molecule has 226 valence electrons. The zero-order valence-corrected chi connectivity index (χ0v) is 26.5. The molecule has 0 spiro atoms. The molecule has 0 fully saturated rings. The van der Waals surface area contributed by atoms with E-state index in [1.165, 1.54) is 4.57 Å². The van der Waals surface area contributed by atoms with Crippen LogP contribution in [-0.2, 0) is 22.6 Å². The van der Waals surface area contributed by atoms with E-state index in [-0.39, 0.29) is 18.1 Å². The molecule has 1 aromatic heterocycles. The number of aromatic nitrogens is 2. The Kier molecular flexibility index (Phi) is 10.1. The number of carbonyl (C=O) groups excluding carboxylic acids is 1. The third-order valence-corrected chi connectivity index (χ3v) is 8.27. The molecule has 0 aliphatic rings. The van der Waals surface area contributed by atoms with Crippen LogP contribution in [0.15, 0.2) is 106 Å². The van der Waals surface area contributed by atoms with Gasteiger partial charge in [-0.15, -0.1) is 0 Å². The minimum Gasteiger partial charge on any atom is -0.497 e. The van der Waals surface area contributed by atoms with Crippen molar-refractivity contribution in [3.63, 3.8) is 0 Å². The molecule has 0 saturated carbocycles. The summed E-state index contributed by atoms with van der Waals surface area (Å²) in [7, 11) is 3.10. The Bertz CT molecular complexity index is 1790. The minimum atomic E-state index is -0.604. The van der Waals surface area contributed by atoms with Crippen LogP contribution in [0.1, 0.15) is 29.9 Å². The Labute approximate surface area is 265 Å². The average molecular weight is 657 g/mol. The van der Waals surface area contributed by atoms with Crippen LogP contribution < -0.4 is 15.0 Å². The lowest BCUT2D eigenvalue weighted by molar-refractivity contribution is -0.139. The summed E-state index contributed by atoms with van der Waals surface area (Å²) in [5.41, 5.74) is 2.82. The predicted molar refractivity (Wildman–Crippen MR) is 175 cm³/mol. The molecule has 1 unspecified atom stereocenters. The van der Waals surface area contributed by atoms with Crippen molar-refractivity contribution in [1.82, 2.24) is 14.5 Å². The fourth-order valence-corrected chi connectivity index (χ4v) is 5.70. The smallest absolute Gasteiger partial charge is 0.266 e. The number of ether oxygens (including phenoxy) is 3. The van der Waals surface area contributed by atoms with E-state index in [1.807, 2.05) is 73.7 Å². The summed E-state index contributed by atoms with van der Waals surface area (Å²) in [6.45, 7) is 2.47. The van der Waals surface area contributed by atoms with Gasteiger partial charge in [-0.25, -0.2) is 4.98 Å². The van der Waals surface area contributed by atoms with Crippen LogP contribution in [0, 0.1) is 0 Å². The first-order valence-electron chi connectivity index (χ1n) is 14.3. The molecule has 1 atom stereocenters. The SMILES string of the molecule is COc1cc(OC)c(Br)c(-n2c(C(C)N(CCc3ccccc3)C(=O)COCc3ccccc3)nc3ccccc3c2=O)c1. The number of halogens is 1. The second kappa shape index (κ2) is 14.3. The zero-order valence-electron chi connectivity index (χ0n) is 24.9. The number of methoxy groups -OCH3 is 2. The van der Waals surface area contributed by atoms with Gasteiger partial charge in [0.15, 0.2) is 0 Å². The summed E-state index contributed by atoms with van der Waals surface area (Å²) in [5, 5.41) is 0.450. The van der Waals surface area contributed by atoms with E-state index < -0.39 is 6.04 Å². The number of hydrogen-bond donors (Lipinski definition) is 0. The third-order valence-electron chi connectivity index (χ3n) is 7.47. The molecule has 0 bridgehead atoms. The number of carbonyl (C=O) groups is 1. The average Bonchev–Trinajstić information content (AvgIpc) is 3.06. The van der Waals surface area contributed by atoms with E-state index >= 15 is 0 Å². The second-order valence-corrected chi connectivity index (χ2v) is 11.1. The summed E-state index contributed by atoms with van der Waals surface area (Å²) >= 11 is 3.64.